The lowest BCUT2D eigenvalue weighted by Gasteiger charge is -2.16. The molecule has 0 saturated heterocycles. The van der Waals surface area contributed by atoms with E-state index in [1.165, 1.54) is 12.1 Å². The summed E-state index contributed by atoms with van der Waals surface area (Å²) in [5.41, 5.74) is 4.93. The molecule has 0 saturated carbocycles. The van der Waals surface area contributed by atoms with Crippen LogP contribution in [0.15, 0.2) is 24.3 Å². The fourth-order valence-corrected chi connectivity index (χ4v) is 1.80. The van der Waals surface area contributed by atoms with Crippen molar-refractivity contribution in [3.8, 4) is 5.75 Å². The minimum Gasteiger partial charge on any atom is -0.406 e. The predicted molar refractivity (Wildman–Crippen MR) is 80.8 cm³/mol. The fraction of sp³-hybridized carbons (Fsp3) is 0.385. The first kappa shape index (κ1) is 19.0. The van der Waals surface area contributed by atoms with Crippen molar-refractivity contribution in [2.24, 2.45) is 0 Å². The van der Waals surface area contributed by atoms with E-state index in [2.05, 4.69) is 20.9 Å². The quantitative estimate of drug-likeness (QED) is 0.554. The topological polar surface area (TPSA) is 71.6 Å². The Labute approximate surface area is 136 Å². The van der Waals surface area contributed by atoms with Gasteiger partial charge in [-0.15, -0.1) is 13.2 Å². The monoisotopic (exact) mass is 351 g/mol. The lowest BCUT2D eigenvalue weighted by atomic mass is 10.2. The molecular formula is C13H16F3N3O3S. The van der Waals surface area contributed by atoms with Crippen molar-refractivity contribution in [3.05, 3.63) is 29.8 Å². The molecule has 0 aliphatic heterocycles. The Morgan fingerprint density at radius 1 is 1.26 bits per heavy atom. The number of ether oxygens (including phenoxy) is 2. The molecule has 0 radical (unpaired) electrons. The van der Waals surface area contributed by atoms with Gasteiger partial charge in [-0.2, -0.15) is 0 Å². The molecule has 0 aromatic heterocycles. The average Bonchev–Trinajstić information content (AvgIpc) is 2.44. The Morgan fingerprint density at radius 3 is 2.39 bits per heavy atom. The Hall–Kier alpha value is -2.07. The zero-order chi connectivity index (χ0) is 17.5. The summed E-state index contributed by atoms with van der Waals surface area (Å²) in [4.78, 5) is 11.8. The maximum atomic E-state index is 12.0. The summed E-state index contributed by atoms with van der Waals surface area (Å²) >= 11 is 4.96. The number of rotatable bonds is 5. The molecule has 1 aromatic carbocycles. The second-order valence-corrected chi connectivity index (χ2v) is 4.89. The van der Waals surface area contributed by atoms with E-state index in [-0.39, 0.29) is 16.7 Å². The van der Waals surface area contributed by atoms with E-state index < -0.39 is 18.0 Å². The number of methoxy groups -OCH3 is 1. The smallest absolute Gasteiger partial charge is 0.406 e. The number of nitrogens with one attached hydrogen (secondary N) is 3. The van der Waals surface area contributed by atoms with Crippen LogP contribution in [0.2, 0.25) is 0 Å². The largest absolute Gasteiger partial charge is 0.573 e. The molecule has 1 amide bonds. The van der Waals surface area contributed by atoms with Gasteiger partial charge in [-0.05, 0) is 43.4 Å². The predicted octanol–water partition coefficient (Wildman–Crippen LogP) is 1.73. The number of hydrogen-bond donors (Lipinski definition) is 3. The summed E-state index contributed by atoms with van der Waals surface area (Å²) in [6.45, 7) is 2.26. The van der Waals surface area contributed by atoms with Crippen LogP contribution in [0.5, 0.6) is 5.75 Å². The van der Waals surface area contributed by atoms with Crippen LogP contribution in [0.4, 0.5) is 13.2 Å². The number of benzene rings is 1. The number of carbonyl (C=O) groups is 1. The first-order valence-electron chi connectivity index (χ1n) is 6.43. The van der Waals surface area contributed by atoms with E-state index in [9.17, 15) is 18.0 Å². The first-order chi connectivity index (χ1) is 10.7. The molecule has 0 aliphatic carbocycles. The van der Waals surface area contributed by atoms with Gasteiger partial charge in [0.15, 0.2) is 5.11 Å². The third-order valence-corrected chi connectivity index (χ3v) is 2.65. The Morgan fingerprint density at radius 2 is 1.87 bits per heavy atom. The van der Waals surface area contributed by atoms with Gasteiger partial charge in [-0.3, -0.25) is 15.6 Å². The summed E-state index contributed by atoms with van der Waals surface area (Å²) in [5.74, 6) is -0.973. The number of thiocarbonyl (C=S) groups is 1. The van der Waals surface area contributed by atoms with Gasteiger partial charge in [0.2, 0.25) is 0 Å². The highest BCUT2D eigenvalue weighted by Gasteiger charge is 2.31. The van der Waals surface area contributed by atoms with Gasteiger partial charge in [0, 0.05) is 18.7 Å². The molecule has 10 heteroatoms. The van der Waals surface area contributed by atoms with Gasteiger partial charge in [0.1, 0.15) is 5.75 Å². The molecule has 1 aromatic rings. The molecule has 1 atom stereocenters. The second kappa shape index (κ2) is 8.53. The Kier molecular flexibility index (Phi) is 7.04. The van der Waals surface area contributed by atoms with E-state index in [4.69, 9.17) is 17.0 Å². The molecule has 1 rings (SSSR count). The minimum atomic E-state index is -4.78. The molecule has 0 spiro atoms. The number of hydrazine groups is 1. The Balaban J connectivity index is 2.47. The van der Waals surface area contributed by atoms with E-state index in [0.29, 0.717) is 6.61 Å². The third kappa shape index (κ3) is 7.66. The van der Waals surface area contributed by atoms with Crippen LogP contribution in [-0.4, -0.2) is 37.1 Å². The van der Waals surface area contributed by atoms with Crippen LogP contribution in [0.25, 0.3) is 0 Å². The van der Waals surface area contributed by atoms with Gasteiger partial charge in [-0.1, -0.05) is 0 Å². The van der Waals surface area contributed by atoms with E-state index >= 15 is 0 Å². The average molecular weight is 351 g/mol. The fourth-order valence-electron chi connectivity index (χ4n) is 1.55. The van der Waals surface area contributed by atoms with E-state index in [1.54, 1.807) is 7.11 Å². The third-order valence-electron chi connectivity index (χ3n) is 2.43. The van der Waals surface area contributed by atoms with Crippen molar-refractivity contribution in [3.63, 3.8) is 0 Å². The van der Waals surface area contributed by atoms with Crippen LogP contribution >= 0.6 is 12.2 Å². The molecule has 0 bridgehead atoms. The zero-order valence-corrected chi connectivity index (χ0v) is 13.2. The Bertz CT molecular complexity index is 538. The molecule has 0 fully saturated rings. The zero-order valence-electron chi connectivity index (χ0n) is 12.4. The normalized spacial score (nSPS) is 12.2. The molecule has 0 unspecified atom stereocenters. The van der Waals surface area contributed by atoms with Gasteiger partial charge in [-0.25, -0.2) is 0 Å². The van der Waals surface area contributed by atoms with Crippen molar-refractivity contribution in [1.82, 2.24) is 16.2 Å². The van der Waals surface area contributed by atoms with Crippen LogP contribution in [0.1, 0.15) is 17.3 Å². The van der Waals surface area contributed by atoms with E-state index in [0.717, 1.165) is 12.1 Å². The summed E-state index contributed by atoms with van der Waals surface area (Å²) in [5, 5.41) is 3.04. The molecule has 3 N–H and O–H groups in total. The maximum absolute atomic E-state index is 12.0. The summed E-state index contributed by atoms with van der Waals surface area (Å²) in [6, 6.07) is 4.42. The lowest BCUT2D eigenvalue weighted by Crippen LogP contribution is -2.49. The minimum absolute atomic E-state index is 0.0595. The van der Waals surface area contributed by atoms with Gasteiger partial charge >= 0.3 is 6.36 Å². The molecule has 6 nitrogen and oxygen atoms in total. The van der Waals surface area contributed by atoms with Crippen molar-refractivity contribution < 1.29 is 27.4 Å². The highest BCUT2D eigenvalue weighted by molar-refractivity contribution is 7.80. The summed E-state index contributed by atoms with van der Waals surface area (Å²) in [7, 11) is 1.54. The van der Waals surface area contributed by atoms with Crippen molar-refractivity contribution in [2.75, 3.05) is 13.7 Å². The first-order valence-corrected chi connectivity index (χ1v) is 6.83. The summed E-state index contributed by atoms with van der Waals surface area (Å²) in [6.07, 6.45) is -4.78. The van der Waals surface area contributed by atoms with Gasteiger partial charge in [0.25, 0.3) is 5.91 Å². The van der Waals surface area contributed by atoms with Crippen LogP contribution < -0.4 is 20.9 Å². The highest BCUT2D eigenvalue weighted by Crippen LogP contribution is 2.22. The standard InChI is InChI=1S/C13H16F3N3O3S/c1-8(7-21-2)17-12(23)19-18-11(20)9-3-5-10(6-4-9)22-13(14,15)16/h3-6,8H,7H2,1-2H3,(H,18,20)(H2,17,19,23)/t8-/m1/s1. The van der Waals surface area contributed by atoms with Crippen LogP contribution in [0.3, 0.4) is 0 Å². The van der Waals surface area contributed by atoms with Crippen LogP contribution in [0, 0.1) is 0 Å². The van der Waals surface area contributed by atoms with Gasteiger partial charge in [0.05, 0.1) is 6.61 Å². The van der Waals surface area contributed by atoms with Gasteiger partial charge < -0.3 is 14.8 Å². The second-order valence-electron chi connectivity index (χ2n) is 4.48. The molecular weight excluding hydrogens is 335 g/mol. The number of halogens is 3. The lowest BCUT2D eigenvalue weighted by molar-refractivity contribution is -0.274. The van der Waals surface area contributed by atoms with Crippen LogP contribution in [-0.2, 0) is 4.74 Å². The molecule has 0 heterocycles. The maximum Gasteiger partial charge on any atom is 0.573 e. The van der Waals surface area contributed by atoms with Crippen molar-refractivity contribution in [1.29, 1.82) is 0 Å². The number of hydrogen-bond acceptors (Lipinski definition) is 4. The molecule has 23 heavy (non-hydrogen) atoms. The van der Waals surface area contributed by atoms with Crippen molar-refractivity contribution >= 4 is 23.2 Å². The number of carbonyl (C=O) groups excluding carboxylic acids is 1. The van der Waals surface area contributed by atoms with E-state index in [1.807, 2.05) is 6.92 Å². The number of alkyl halides is 3. The molecule has 128 valence electrons. The SMILES string of the molecule is COC[C@@H](C)NC(=S)NNC(=O)c1ccc(OC(F)(F)F)cc1. The van der Waals surface area contributed by atoms with Crippen molar-refractivity contribution in [2.45, 2.75) is 19.3 Å². The summed E-state index contributed by atoms with van der Waals surface area (Å²) < 4.78 is 44.7. The highest BCUT2D eigenvalue weighted by atomic mass is 32.1. The molecule has 0 aliphatic rings. The number of amides is 1.